The van der Waals surface area contributed by atoms with Crippen molar-refractivity contribution in [1.29, 1.82) is 0 Å². The minimum atomic E-state index is 0.424. The first kappa shape index (κ1) is 14.7. The predicted molar refractivity (Wildman–Crippen MR) is 85.5 cm³/mol. The molecule has 0 aliphatic heterocycles. The monoisotopic (exact) mass is 289 g/mol. The molecule has 0 atom stereocenters. The average molecular weight is 290 g/mol. The minimum Gasteiger partial charge on any atom is -0.489 e. The van der Waals surface area contributed by atoms with Crippen LogP contribution in [0.4, 0.5) is 5.69 Å². The Morgan fingerprint density at radius 1 is 1.15 bits per heavy atom. The van der Waals surface area contributed by atoms with E-state index in [9.17, 15) is 0 Å². The lowest BCUT2D eigenvalue weighted by atomic mass is 10.0. The molecule has 0 spiro atoms. The van der Waals surface area contributed by atoms with Gasteiger partial charge in [0.05, 0.1) is 0 Å². The standard InChI is InChI=1S/C17H20ClNO/c1-11(2)15-7-4-12(3)8-17(15)20-10-13-5-6-14(18)9-16(13)19/h4-9,11H,10,19H2,1-3H3. The number of halogens is 1. The summed E-state index contributed by atoms with van der Waals surface area (Å²) in [6.07, 6.45) is 0. The van der Waals surface area contributed by atoms with Gasteiger partial charge >= 0.3 is 0 Å². The van der Waals surface area contributed by atoms with E-state index in [1.165, 1.54) is 11.1 Å². The Morgan fingerprint density at radius 3 is 2.55 bits per heavy atom. The Bertz CT molecular complexity index is 608. The number of hydrogen-bond acceptors (Lipinski definition) is 2. The van der Waals surface area contributed by atoms with Gasteiger partial charge in [-0.05, 0) is 42.2 Å². The molecule has 0 saturated carbocycles. The Labute approximate surface area is 125 Å². The van der Waals surface area contributed by atoms with Crippen molar-refractivity contribution in [3.8, 4) is 5.75 Å². The number of anilines is 1. The van der Waals surface area contributed by atoms with Crippen LogP contribution >= 0.6 is 11.6 Å². The van der Waals surface area contributed by atoms with Crippen LogP contribution in [0.1, 0.15) is 36.5 Å². The highest BCUT2D eigenvalue weighted by molar-refractivity contribution is 6.30. The van der Waals surface area contributed by atoms with Gasteiger partial charge in [0.1, 0.15) is 12.4 Å². The number of nitrogens with two attached hydrogens (primary N) is 1. The Balaban J connectivity index is 2.20. The molecule has 0 aliphatic carbocycles. The molecule has 2 nitrogen and oxygen atoms in total. The lowest BCUT2D eigenvalue weighted by molar-refractivity contribution is 0.302. The van der Waals surface area contributed by atoms with Crippen LogP contribution in [0.5, 0.6) is 5.75 Å². The van der Waals surface area contributed by atoms with E-state index in [4.69, 9.17) is 22.1 Å². The molecule has 0 fully saturated rings. The first-order valence-corrected chi connectivity index (χ1v) is 7.12. The fraction of sp³-hybridized carbons (Fsp3) is 0.294. The smallest absolute Gasteiger partial charge is 0.123 e. The Kier molecular flexibility index (Phi) is 4.56. The maximum absolute atomic E-state index is 5.96. The molecule has 0 saturated heterocycles. The summed E-state index contributed by atoms with van der Waals surface area (Å²) in [7, 11) is 0. The summed E-state index contributed by atoms with van der Waals surface area (Å²) < 4.78 is 5.96. The molecule has 0 aromatic heterocycles. The van der Waals surface area contributed by atoms with Crippen molar-refractivity contribution in [2.45, 2.75) is 33.3 Å². The Morgan fingerprint density at radius 2 is 1.90 bits per heavy atom. The SMILES string of the molecule is Cc1ccc(C(C)C)c(OCc2ccc(Cl)cc2N)c1. The molecule has 2 rings (SSSR count). The summed E-state index contributed by atoms with van der Waals surface area (Å²) in [6, 6.07) is 11.8. The number of benzene rings is 2. The van der Waals surface area contributed by atoms with Gasteiger partial charge in [-0.15, -0.1) is 0 Å². The molecule has 0 aliphatic rings. The van der Waals surface area contributed by atoms with Crippen molar-refractivity contribution in [3.05, 3.63) is 58.1 Å². The lowest BCUT2D eigenvalue weighted by Crippen LogP contribution is -2.03. The molecule has 0 bridgehead atoms. The third-order valence-electron chi connectivity index (χ3n) is 3.28. The van der Waals surface area contributed by atoms with Crippen molar-refractivity contribution in [1.82, 2.24) is 0 Å². The molecule has 0 unspecified atom stereocenters. The highest BCUT2D eigenvalue weighted by Crippen LogP contribution is 2.29. The van der Waals surface area contributed by atoms with Gasteiger partial charge in [-0.25, -0.2) is 0 Å². The van der Waals surface area contributed by atoms with Gasteiger partial charge in [-0.2, -0.15) is 0 Å². The van der Waals surface area contributed by atoms with Crippen molar-refractivity contribution >= 4 is 17.3 Å². The molecule has 20 heavy (non-hydrogen) atoms. The van der Waals surface area contributed by atoms with Crippen LogP contribution in [0.3, 0.4) is 0 Å². The highest BCUT2D eigenvalue weighted by atomic mass is 35.5. The Hall–Kier alpha value is -1.67. The van der Waals surface area contributed by atoms with Crippen molar-refractivity contribution < 1.29 is 4.74 Å². The largest absolute Gasteiger partial charge is 0.489 e. The summed E-state index contributed by atoms with van der Waals surface area (Å²) in [6.45, 7) is 6.84. The van der Waals surface area contributed by atoms with E-state index in [0.717, 1.165) is 11.3 Å². The molecule has 2 N–H and O–H groups in total. The van der Waals surface area contributed by atoms with Crippen LogP contribution in [0.15, 0.2) is 36.4 Å². The minimum absolute atomic E-state index is 0.424. The lowest BCUT2D eigenvalue weighted by Gasteiger charge is -2.15. The van der Waals surface area contributed by atoms with Crippen LogP contribution in [0, 0.1) is 6.92 Å². The molecule has 3 heteroatoms. The van der Waals surface area contributed by atoms with Crippen LogP contribution in [0.2, 0.25) is 5.02 Å². The molecular formula is C17H20ClNO. The maximum atomic E-state index is 5.96. The quantitative estimate of drug-likeness (QED) is 0.810. The summed E-state index contributed by atoms with van der Waals surface area (Å²) in [5.74, 6) is 1.35. The molecule has 2 aromatic carbocycles. The number of nitrogen functional groups attached to an aromatic ring is 1. The predicted octanol–water partition coefficient (Wildman–Crippen LogP) is 4.93. The highest BCUT2D eigenvalue weighted by Gasteiger charge is 2.09. The van der Waals surface area contributed by atoms with Gasteiger partial charge in [-0.1, -0.05) is 43.6 Å². The van der Waals surface area contributed by atoms with Gasteiger partial charge in [0.25, 0.3) is 0 Å². The summed E-state index contributed by atoms with van der Waals surface area (Å²) >= 11 is 5.90. The zero-order valence-electron chi connectivity index (χ0n) is 12.1. The number of hydrogen-bond donors (Lipinski definition) is 1. The molecule has 0 heterocycles. The van der Waals surface area contributed by atoms with Gasteiger partial charge < -0.3 is 10.5 Å². The van der Waals surface area contributed by atoms with E-state index in [1.54, 1.807) is 6.07 Å². The second-order valence-corrected chi connectivity index (χ2v) is 5.76. The summed E-state index contributed by atoms with van der Waals surface area (Å²) in [4.78, 5) is 0. The second kappa shape index (κ2) is 6.19. The van der Waals surface area contributed by atoms with Crippen molar-refractivity contribution in [2.24, 2.45) is 0 Å². The van der Waals surface area contributed by atoms with Crippen molar-refractivity contribution in [3.63, 3.8) is 0 Å². The average Bonchev–Trinajstić information content (AvgIpc) is 2.37. The normalized spacial score (nSPS) is 10.8. The van der Waals surface area contributed by atoms with E-state index in [0.29, 0.717) is 23.2 Å². The van der Waals surface area contributed by atoms with E-state index >= 15 is 0 Å². The van der Waals surface area contributed by atoms with E-state index < -0.39 is 0 Å². The zero-order valence-corrected chi connectivity index (χ0v) is 12.9. The maximum Gasteiger partial charge on any atom is 0.123 e. The molecule has 2 aromatic rings. The second-order valence-electron chi connectivity index (χ2n) is 5.33. The van der Waals surface area contributed by atoms with Gasteiger partial charge in [0.2, 0.25) is 0 Å². The fourth-order valence-corrected chi connectivity index (χ4v) is 2.28. The molecule has 106 valence electrons. The molecular weight excluding hydrogens is 270 g/mol. The molecule has 0 radical (unpaired) electrons. The van der Waals surface area contributed by atoms with Gasteiger partial charge in [0.15, 0.2) is 0 Å². The summed E-state index contributed by atoms with van der Waals surface area (Å²) in [5.41, 5.74) is 9.96. The topological polar surface area (TPSA) is 35.2 Å². The first-order valence-electron chi connectivity index (χ1n) is 6.74. The number of rotatable bonds is 4. The van der Waals surface area contributed by atoms with E-state index in [2.05, 4.69) is 39.0 Å². The van der Waals surface area contributed by atoms with Gasteiger partial charge in [-0.3, -0.25) is 0 Å². The van der Waals surface area contributed by atoms with Crippen LogP contribution in [-0.4, -0.2) is 0 Å². The zero-order chi connectivity index (χ0) is 14.7. The van der Waals surface area contributed by atoms with E-state index in [-0.39, 0.29) is 0 Å². The van der Waals surface area contributed by atoms with Crippen LogP contribution in [0.25, 0.3) is 0 Å². The number of ether oxygens (including phenoxy) is 1. The van der Waals surface area contributed by atoms with Crippen molar-refractivity contribution in [2.75, 3.05) is 5.73 Å². The fourth-order valence-electron chi connectivity index (χ4n) is 2.10. The third-order valence-corrected chi connectivity index (χ3v) is 3.52. The third kappa shape index (κ3) is 3.45. The summed E-state index contributed by atoms with van der Waals surface area (Å²) in [5, 5.41) is 0.643. The van der Waals surface area contributed by atoms with Crippen LogP contribution < -0.4 is 10.5 Å². The first-order chi connectivity index (χ1) is 9.47. The number of aryl methyl sites for hydroxylation is 1. The van der Waals surface area contributed by atoms with Gasteiger partial charge in [0, 0.05) is 16.3 Å². The van der Waals surface area contributed by atoms with E-state index in [1.807, 2.05) is 12.1 Å². The van der Waals surface area contributed by atoms with Crippen LogP contribution in [-0.2, 0) is 6.61 Å². The molecule has 0 amide bonds.